The quantitative estimate of drug-likeness (QED) is 0.658. The van der Waals surface area contributed by atoms with Crippen molar-refractivity contribution in [3.63, 3.8) is 0 Å². The number of phenolic OH excluding ortho intramolecular Hbond substituents is 1. The number of nitro groups is 1. The molecular weight excluding hydrogens is 244 g/mol. The van der Waals surface area contributed by atoms with Gasteiger partial charge < -0.3 is 5.11 Å². The Labute approximate surface area is 100 Å². The smallest absolute Gasteiger partial charge is 0.269 e. The fourth-order valence-corrected chi connectivity index (χ4v) is 1.59. The normalized spacial score (nSPS) is 10.3. The highest BCUT2D eigenvalue weighted by atomic mass is 19.1. The van der Waals surface area contributed by atoms with Crippen molar-refractivity contribution < 1.29 is 18.8 Å². The zero-order valence-corrected chi connectivity index (χ0v) is 8.93. The summed E-state index contributed by atoms with van der Waals surface area (Å²) in [6, 6.07) is 6.36. The van der Waals surface area contributed by atoms with E-state index in [1.165, 1.54) is 12.1 Å². The third-order valence-corrected chi connectivity index (χ3v) is 2.39. The van der Waals surface area contributed by atoms with Gasteiger partial charge in [0.25, 0.3) is 5.69 Å². The van der Waals surface area contributed by atoms with Crippen molar-refractivity contribution in [1.82, 2.24) is 0 Å². The van der Waals surface area contributed by atoms with Crippen molar-refractivity contribution >= 4 is 5.69 Å². The second kappa shape index (κ2) is 4.40. The van der Waals surface area contributed by atoms with Gasteiger partial charge >= 0.3 is 0 Å². The van der Waals surface area contributed by atoms with Crippen LogP contribution in [0.1, 0.15) is 0 Å². The molecule has 4 nitrogen and oxygen atoms in total. The Morgan fingerprint density at radius 1 is 1.06 bits per heavy atom. The van der Waals surface area contributed by atoms with E-state index in [4.69, 9.17) is 5.11 Å². The number of nitro benzene ring substituents is 1. The van der Waals surface area contributed by atoms with Gasteiger partial charge in [-0.15, -0.1) is 0 Å². The van der Waals surface area contributed by atoms with Crippen LogP contribution in [0, 0.1) is 21.7 Å². The second-order valence-electron chi connectivity index (χ2n) is 3.59. The van der Waals surface area contributed by atoms with Crippen LogP contribution in [0.2, 0.25) is 0 Å². The number of benzene rings is 2. The summed E-state index contributed by atoms with van der Waals surface area (Å²) in [7, 11) is 0. The molecule has 0 fully saturated rings. The standard InChI is InChI=1S/C12H7F2NO3/c13-10-5-9(16)6-11(14)12(10)7-1-3-8(4-2-7)15(17)18/h1-6,16H. The van der Waals surface area contributed by atoms with E-state index < -0.39 is 22.3 Å². The van der Waals surface area contributed by atoms with Gasteiger partial charge in [-0.05, 0) is 17.7 Å². The van der Waals surface area contributed by atoms with E-state index in [1.807, 2.05) is 0 Å². The molecule has 0 bridgehead atoms. The number of non-ortho nitro benzene ring substituents is 1. The Balaban J connectivity index is 2.52. The molecule has 0 aromatic heterocycles. The molecule has 0 aliphatic heterocycles. The first kappa shape index (κ1) is 12.0. The third kappa shape index (κ3) is 2.13. The van der Waals surface area contributed by atoms with Crippen molar-refractivity contribution in [1.29, 1.82) is 0 Å². The van der Waals surface area contributed by atoms with Gasteiger partial charge in [-0.3, -0.25) is 10.1 Å². The largest absolute Gasteiger partial charge is 0.508 e. The summed E-state index contributed by atoms with van der Waals surface area (Å²) in [6.45, 7) is 0. The first-order chi connectivity index (χ1) is 8.49. The van der Waals surface area contributed by atoms with E-state index in [2.05, 4.69) is 0 Å². The molecule has 0 unspecified atom stereocenters. The van der Waals surface area contributed by atoms with Gasteiger partial charge in [-0.1, -0.05) is 0 Å². The van der Waals surface area contributed by atoms with Crippen molar-refractivity contribution in [2.75, 3.05) is 0 Å². The average Bonchev–Trinajstić information content (AvgIpc) is 2.28. The molecule has 2 rings (SSSR count). The predicted molar refractivity (Wildman–Crippen MR) is 60.1 cm³/mol. The molecule has 92 valence electrons. The number of aromatic hydroxyl groups is 1. The molecule has 1 N–H and O–H groups in total. The molecule has 0 heterocycles. The lowest BCUT2D eigenvalue weighted by Crippen LogP contribution is -1.91. The molecule has 0 aliphatic carbocycles. The van der Waals surface area contributed by atoms with Crippen molar-refractivity contribution in [3.05, 3.63) is 58.1 Å². The Morgan fingerprint density at radius 3 is 2.00 bits per heavy atom. The lowest BCUT2D eigenvalue weighted by Gasteiger charge is -2.05. The lowest BCUT2D eigenvalue weighted by molar-refractivity contribution is -0.384. The second-order valence-corrected chi connectivity index (χ2v) is 3.59. The number of rotatable bonds is 2. The van der Waals surface area contributed by atoms with E-state index in [9.17, 15) is 18.9 Å². The molecule has 0 radical (unpaired) electrons. The van der Waals surface area contributed by atoms with Gasteiger partial charge in [-0.2, -0.15) is 0 Å². The zero-order chi connectivity index (χ0) is 13.3. The Bertz CT molecular complexity index is 588. The van der Waals surface area contributed by atoms with E-state index in [-0.39, 0.29) is 16.8 Å². The molecular formula is C12H7F2NO3. The minimum Gasteiger partial charge on any atom is -0.508 e. The molecule has 0 saturated heterocycles. The summed E-state index contributed by atoms with van der Waals surface area (Å²) < 4.78 is 27.0. The van der Waals surface area contributed by atoms with Crippen LogP contribution in [0.5, 0.6) is 5.75 Å². The molecule has 2 aromatic rings. The van der Waals surface area contributed by atoms with Crippen LogP contribution in [0.25, 0.3) is 11.1 Å². The van der Waals surface area contributed by atoms with Crippen LogP contribution < -0.4 is 0 Å². The summed E-state index contributed by atoms with van der Waals surface area (Å²) in [5.74, 6) is -2.38. The molecule has 0 saturated carbocycles. The van der Waals surface area contributed by atoms with E-state index in [1.54, 1.807) is 0 Å². The summed E-state index contributed by atoms with van der Waals surface area (Å²) >= 11 is 0. The van der Waals surface area contributed by atoms with Crippen molar-refractivity contribution in [3.8, 4) is 16.9 Å². The minimum atomic E-state index is -0.929. The van der Waals surface area contributed by atoms with E-state index in [0.717, 1.165) is 24.3 Å². The molecule has 0 aliphatic rings. The first-order valence-corrected chi connectivity index (χ1v) is 4.92. The number of phenols is 1. The Hall–Kier alpha value is -2.50. The summed E-state index contributed by atoms with van der Waals surface area (Å²) in [5, 5.41) is 19.5. The number of hydrogen-bond acceptors (Lipinski definition) is 3. The van der Waals surface area contributed by atoms with Gasteiger partial charge in [0, 0.05) is 24.3 Å². The Morgan fingerprint density at radius 2 is 1.56 bits per heavy atom. The number of halogens is 2. The average molecular weight is 251 g/mol. The highest BCUT2D eigenvalue weighted by Crippen LogP contribution is 2.30. The van der Waals surface area contributed by atoms with Gasteiger partial charge in [-0.25, -0.2) is 8.78 Å². The molecule has 0 spiro atoms. The topological polar surface area (TPSA) is 63.4 Å². The fourth-order valence-electron chi connectivity index (χ4n) is 1.59. The van der Waals surface area contributed by atoms with Gasteiger partial charge in [0.05, 0.1) is 10.5 Å². The van der Waals surface area contributed by atoms with Crippen molar-refractivity contribution in [2.24, 2.45) is 0 Å². The van der Waals surface area contributed by atoms with Crippen LogP contribution in [0.15, 0.2) is 36.4 Å². The number of hydrogen-bond donors (Lipinski definition) is 1. The SMILES string of the molecule is O=[N+]([O-])c1ccc(-c2c(F)cc(O)cc2F)cc1. The highest BCUT2D eigenvalue weighted by molar-refractivity contribution is 5.67. The molecule has 18 heavy (non-hydrogen) atoms. The first-order valence-electron chi connectivity index (χ1n) is 4.92. The molecule has 2 aromatic carbocycles. The summed E-state index contributed by atoms with van der Waals surface area (Å²) in [5.41, 5.74) is -0.336. The van der Waals surface area contributed by atoms with E-state index >= 15 is 0 Å². The molecule has 6 heteroatoms. The maximum Gasteiger partial charge on any atom is 0.269 e. The monoisotopic (exact) mass is 251 g/mol. The zero-order valence-electron chi connectivity index (χ0n) is 8.93. The maximum absolute atomic E-state index is 13.5. The lowest BCUT2D eigenvalue weighted by atomic mass is 10.0. The fraction of sp³-hybridized carbons (Fsp3) is 0. The molecule has 0 atom stereocenters. The minimum absolute atomic E-state index is 0.163. The predicted octanol–water partition coefficient (Wildman–Crippen LogP) is 3.25. The molecule has 0 amide bonds. The van der Waals surface area contributed by atoms with Gasteiger partial charge in [0.2, 0.25) is 0 Å². The number of nitrogens with zero attached hydrogens (tertiary/aromatic N) is 1. The summed E-state index contributed by atoms with van der Waals surface area (Å²) in [4.78, 5) is 9.85. The van der Waals surface area contributed by atoms with Crippen LogP contribution in [-0.4, -0.2) is 10.0 Å². The highest BCUT2D eigenvalue weighted by Gasteiger charge is 2.14. The van der Waals surface area contributed by atoms with Gasteiger partial charge in [0.1, 0.15) is 17.4 Å². The third-order valence-electron chi connectivity index (χ3n) is 2.39. The maximum atomic E-state index is 13.5. The van der Waals surface area contributed by atoms with E-state index in [0.29, 0.717) is 0 Å². The van der Waals surface area contributed by atoms with Crippen LogP contribution in [0.3, 0.4) is 0 Å². The van der Waals surface area contributed by atoms with Crippen LogP contribution >= 0.6 is 0 Å². The Kier molecular flexibility index (Phi) is 2.93. The van der Waals surface area contributed by atoms with Crippen molar-refractivity contribution in [2.45, 2.75) is 0 Å². The van der Waals surface area contributed by atoms with Gasteiger partial charge in [0.15, 0.2) is 0 Å². The van der Waals surface area contributed by atoms with Crippen LogP contribution in [-0.2, 0) is 0 Å². The summed E-state index contributed by atoms with van der Waals surface area (Å²) in [6.07, 6.45) is 0. The van der Waals surface area contributed by atoms with Crippen LogP contribution in [0.4, 0.5) is 14.5 Å².